The van der Waals surface area contributed by atoms with Crippen molar-refractivity contribution in [1.82, 2.24) is 25.4 Å². The lowest BCUT2D eigenvalue weighted by molar-refractivity contribution is 0.191. The van der Waals surface area contributed by atoms with Gasteiger partial charge in [-0.25, -0.2) is 9.97 Å². The second kappa shape index (κ2) is 4.19. The van der Waals surface area contributed by atoms with Crippen molar-refractivity contribution in [2.45, 2.75) is 18.6 Å². The van der Waals surface area contributed by atoms with Gasteiger partial charge in [-0.1, -0.05) is 5.16 Å². The Labute approximate surface area is 96.9 Å². The number of aliphatic hydroxyl groups is 1. The molecule has 3 heterocycles. The highest BCUT2D eigenvalue weighted by molar-refractivity contribution is 5.40. The summed E-state index contributed by atoms with van der Waals surface area (Å²) in [5.74, 6) is 1.26. The van der Waals surface area contributed by atoms with E-state index in [-0.39, 0.29) is 12.1 Å². The smallest absolute Gasteiger partial charge is 0.244 e. The average Bonchev–Trinajstić information content (AvgIpc) is 2.98. The summed E-state index contributed by atoms with van der Waals surface area (Å²) >= 11 is 0. The van der Waals surface area contributed by atoms with Crippen molar-refractivity contribution in [3.05, 3.63) is 24.4 Å². The minimum Gasteiger partial charge on any atom is -0.392 e. The first kappa shape index (κ1) is 10.3. The van der Waals surface area contributed by atoms with E-state index in [0.717, 1.165) is 0 Å². The van der Waals surface area contributed by atoms with Crippen LogP contribution in [0.4, 0.5) is 0 Å². The van der Waals surface area contributed by atoms with Crippen LogP contribution in [0.3, 0.4) is 0 Å². The molecule has 0 spiro atoms. The molecule has 0 radical (unpaired) electrons. The zero-order valence-corrected chi connectivity index (χ0v) is 8.95. The molecule has 7 nitrogen and oxygen atoms in total. The van der Waals surface area contributed by atoms with Gasteiger partial charge in [0.05, 0.1) is 12.1 Å². The fourth-order valence-corrected chi connectivity index (χ4v) is 1.79. The fourth-order valence-electron chi connectivity index (χ4n) is 1.79. The van der Waals surface area contributed by atoms with E-state index < -0.39 is 0 Å². The molecule has 1 fully saturated rings. The van der Waals surface area contributed by atoms with Crippen LogP contribution in [0.15, 0.2) is 23.0 Å². The topological polar surface area (TPSA) is 97.0 Å². The summed E-state index contributed by atoms with van der Waals surface area (Å²) in [6.07, 6.45) is 3.46. The van der Waals surface area contributed by atoms with Gasteiger partial charge in [-0.3, -0.25) is 0 Å². The van der Waals surface area contributed by atoms with Gasteiger partial charge in [-0.15, -0.1) is 0 Å². The van der Waals surface area contributed by atoms with E-state index >= 15 is 0 Å². The zero-order chi connectivity index (χ0) is 11.7. The van der Waals surface area contributed by atoms with Crippen LogP contribution in [0.25, 0.3) is 11.6 Å². The van der Waals surface area contributed by atoms with E-state index in [0.29, 0.717) is 30.5 Å². The molecular weight excluding hydrogens is 222 g/mol. The number of aromatic nitrogens is 4. The predicted molar refractivity (Wildman–Crippen MR) is 56.7 cm³/mol. The molecule has 1 aliphatic rings. The van der Waals surface area contributed by atoms with Crippen molar-refractivity contribution in [3.8, 4) is 11.6 Å². The molecule has 0 unspecified atom stereocenters. The van der Waals surface area contributed by atoms with Gasteiger partial charge in [0.2, 0.25) is 17.5 Å². The number of β-amino-alcohol motifs (C(OH)–C–C–N with tert-alkyl or cyclic N) is 1. The number of nitrogens with zero attached hydrogens (tertiary/aromatic N) is 4. The summed E-state index contributed by atoms with van der Waals surface area (Å²) in [6.45, 7) is 0.546. The third-order valence-corrected chi connectivity index (χ3v) is 2.61. The highest BCUT2D eigenvalue weighted by atomic mass is 16.5. The van der Waals surface area contributed by atoms with Gasteiger partial charge < -0.3 is 14.9 Å². The van der Waals surface area contributed by atoms with Crippen LogP contribution in [-0.4, -0.2) is 37.9 Å². The second-order valence-corrected chi connectivity index (χ2v) is 3.88. The third-order valence-electron chi connectivity index (χ3n) is 2.61. The molecule has 0 aromatic carbocycles. The van der Waals surface area contributed by atoms with E-state index in [1.807, 2.05) is 0 Å². The first-order valence-corrected chi connectivity index (χ1v) is 5.35. The Morgan fingerprint density at radius 1 is 1.29 bits per heavy atom. The summed E-state index contributed by atoms with van der Waals surface area (Å²) in [7, 11) is 0. The maximum atomic E-state index is 9.41. The molecule has 1 saturated heterocycles. The first-order chi connectivity index (χ1) is 8.33. The molecule has 2 aromatic rings. The SMILES string of the molecule is O[C@@H]1CN[C@H](c2nc(-c3ncccn3)no2)C1. The number of rotatable bonds is 2. The summed E-state index contributed by atoms with van der Waals surface area (Å²) in [5, 5.41) is 16.3. The van der Waals surface area contributed by atoms with Crippen molar-refractivity contribution in [2.24, 2.45) is 0 Å². The van der Waals surface area contributed by atoms with E-state index in [4.69, 9.17) is 4.52 Å². The van der Waals surface area contributed by atoms with E-state index in [2.05, 4.69) is 25.4 Å². The number of aliphatic hydroxyl groups excluding tert-OH is 1. The lowest BCUT2D eigenvalue weighted by atomic mass is 10.2. The third kappa shape index (κ3) is 2.02. The Hall–Kier alpha value is -1.86. The highest BCUT2D eigenvalue weighted by Crippen LogP contribution is 2.23. The van der Waals surface area contributed by atoms with Gasteiger partial charge in [-0.05, 0) is 12.5 Å². The summed E-state index contributed by atoms with van der Waals surface area (Å²) in [5.41, 5.74) is 0. The molecular formula is C10H11N5O2. The Morgan fingerprint density at radius 2 is 2.12 bits per heavy atom. The Morgan fingerprint density at radius 3 is 2.82 bits per heavy atom. The quantitative estimate of drug-likeness (QED) is 0.748. The largest absolute Gasteiger partial charge is 0.392 e. The van der Waals surface area contributed by atoms with Gasteiger partial charge in [0.15, 0.2) is 0 Å². The summed E-state index contributed by atoms with van der Waals surface area (Å²) in [4.78, 5) is 12.3. The van der Waals surface area contributed by atoms with Crippen LogP contribution in [-0.2, 0) is 0 Å². The molecule has 0 saturated carbocycles. The highest BCUT2D eigenvalue weighted by Gasteiger charge is 2.28. The molecule has 17 heavy (non-hydrogen) atoms. The number of hydrogen-bond acceptors (Lipinski definition) is 7. The van der Waals surface area contributed by atoms with E-state index in [9.17, 15) is 5.11 Å². The molecule has 0 amide bonds. The van der Waals surface area contributed by atoms with Gasteiger partial charge >= 0.3 is 0 Å². The molecule has 88 valence electrons. The van der Waals surface area contributed by atoms with Gasteiger partial charge in [0.1, 0.15) is 0 Å². The minimum absolute atomic E-state index is 0.0880. The number of nitrogens with one attached hydrogen (secondary N) is 1. The van der Waals surface area contributed by atoms with Crippen LogP contribution in [0, 0.1) is 0 Å². The monoisotopic (exact) mass is 233 g/mol. The van der Waals surface area contributed by atoms with Crippen LogP contribution in [0.5, 0.6) is 0 Å². The van der Waals surface area contributed by atoms with Crippen LogP contribution < -0.4 is 5.32 Å². The molecule has 0 bridgehead atoms. The van der Waals surface area contributed by atoms with Crippen molar-refractivity contribution in [3.63, 3.8) is 0 Å². The van der Waals surface area contributed by atoms with Crippen molar-refractivity contribution >= 4 is 0 Å². The van der Waals surface area contributed by atoms with Crippen molar-refractivity contribution < 1.29 is 9.63 Å². The van der Waals surface area contributed by atoms with Crippen molar-refractivity contribution in [1.29, 1.82) is 0 Å². The van der Waals surface area contributed by atoms with Crippen LogP contribution in [0.2, 0.25) is 0 Å². The summed E-state index contributed by atoms with van der Waals surface area (Å²) < 4.78 is 5.14. The van der Waals surface area contributed by atoms with Crippen LogP contribution in [0.1, 0.15) is 18.4 Å². The molecule has 2 aromatic heterocycles. The lowest BCUT2D eigenvalue weighted by Crippen LogP contribution is -2.15. The molecule has 1 aliphatic heterocycles. The lowest BCUT2D eigenvalue weighted by Gasteiger charge is -2.01. The number of hydrogen-bond donors (Lipinski definition) is 2. The van der Waals surface area contributed by atoms with Gasteiger partial charge in [0.25, 0.3) is 0 Å². The maximum Gasteiger partial charge on any atom is 0.244 e. The standard InChI is InChI=1S/C10H11N5O2/c16-6-4-7(13-5-6)10-14-9(15-17-10)8-11-2-1-3-12-8/h1-3,6-7,13,16H,4-5H2/t6-,7-/m0/s1. The molecule has 3 rings (SSSR count). The Kier molecular flexibility index (Phi) is 2.54. The van der Waals surface area contributed by atoms with Crippen LogP contribution >= 0.6 is 0 Å². The molecule has 7 heteroatoms. The van der Waals surface area contributed by atoms with E-state index in [1.165, 1.54) is 0 Å². The minimum atomic E-state index is -0.358. The Balaban J connectivity index is 1.84. The van der Waals surface area contributed by atoms with Gasteiger partial charge in [0, 0.05) is 18.9 Å². The normalized spacial score (nSPS) is 24.1. The Bertz CT molecular complexity index is 500. The molecule has 2 atom stereocenters. The maximum absolute atomic E-state index is 9.41. The summed E-state index contributed by atoms with van der Waals surface area (Å²) in [6, 6.07) is 1.63. The molecule has 0 aliphatic carbocycles. The first-order valence-electron chi connectivity index (χ1n) is 5.35. The average molecular weight is 233 g/mol. The van der Waals surface area contributed by atoms with E-state index in [1.54, 1.807) is 18.5 Å². The predicted octanol–water partition coefficient (Wildman–Crippen LogP) is -0.0781. The van der Waals surface area contributed by atoms with Gasteiger partial charge in [-0.2, -0.15) is 4.98 Å². The van der Waals surface area contributed by atoms with Crippen molar-refractivity contribution in [2.75, 3.05) is 6.54 Å². The zero-order valence-electron chi connectivity index (χ0n) is 8.95. The fraction of sp³-hybridized carbons (Fsp3) is 0.400. The second-order valence-electron chi connectivity index (χ2n) is 3.88. The molecule has 2 N–H and O–H groups in total.